The van der Waals surface area contributed by atoms with Crippen LogP contribution in [0.2, 0.25) is 0 Å². The van der Waals surface area contributed by atoms with Crippen molar-refractivity contribution in [3.63, 3.8) is 0 Å². The van der Waals surface area contributed by atoms with E-state index >= 15 is 0 Å². The molecule has 3 amide bonds. The Bertz CT molecular complexity index is 589. The van der Waals surface area contributed by atoms with Gasteiger partial charge in [-0.2, -0.15) is 0 Å². The van der Waals surface area contributed by atoms with Crippen LogP contribution in [-0.4, -0.2) is 96.0 Å². The highest BCUT2D eigenvalue weighted by atomic mass is 16.5. The van der Waals surface area contributed by atoms with Crippen molar-refractivity contribution in [2.45, 2.75) is 52.9 Å². The van der Waals surface area contributed by atoms with E-state index in [1.165, 1.54) is 0 Å². The Morgan fingerprint density at radius 2 is 1.14 bits per heavy atom. The van der Waals surface area contributed by atoms with E-state index in [-0.39, 0.29) is 55.9 Å². The minimum atomic E-state index is -0.246. The Morgan fingerprint density at radius 3 is 1.66 bits per heavy atom. The molecular formula is C24H45N3O8. The summed E-state index contributed by atoms with van der Waals surface area (Å²) in [6.07, 6.45) is 3.89. The number of unbranched alkanes of at least 4 members (excludes halogenated alkanes) is 1. The zero-order chi connectivity index (χ0) is 26.2. The molecule has 0 radical (unpaired) electrons. The average molecular weight is 504 g/mol. The molecule has 11 nitrogen and oxygen atoms in total. The number of hydrogen-bond donors (Lipinski definition) is 3. The van der Waals surface area contributed by atoms with Crippen molar-refractivity contribution in [3.05, 3.63) is 0 Å². The van der Waals surface area contributed by atoms with Gasteiger partial charge in [0.15, 0.2) is 0 Å². The van der Waals surface area contributed by atoms with Gasteiger partial charge in [-0.3, -0.25) is 19.2 Å². The Morgan fingerprint density at radius 1 is 0.657 bits per heavy atom. The van der Waals surface area contributed by atoms with Crippen molar-refractivity contribution in [1.29, 1.82) is 0 Å². The van der Waals surface area contributed by atoms with Crippen molar-refractivity contribution >= 4 is 23.5 Å². The molecule has 0 saturated carbocycles. The fourth-order valence-corrected chi connectivity index (χ4v) is 2.72. The Balaban J connectivity index is 3.36. The van der Waals surface area contributed by atoms with Gasteiger partial charge in [0, 0.05) is 32.0 Å². The summed E-state index contributed by atoms with van der Waals surface area (Å²) in [5, 5.41) is 8.20. The molecule has 35 heavy (non-hydrogen) atoms. The zero-order valence-electron chi connectivity index (χ0n) is 21.7. The number of ketones is 1. The summed E-state index contributed by atoms with van der Waals surface area (Å²) in [5.41, 5.74) is 0. The molecule has 0 bridgehead atoms. The maximum Gasteiger partial charge on any atom is 0.246 e. The van der Waals surface area contributed by atoms with Gasteiger partial charge < -0.3 is 34.9 Å². The number of amides is 3. The SMILES string of the molecule is CCCC(=O)NCCOCCOCC(=O)NCCOCCOCC(=O)NCCCC[C@H](C)C(C)=O. The molecule has 204 valence electrons. The lowest BCUT2D eigenvalue weighted by atomic mass is 10.0. The van der Waals surface area contributed by atoms with Gasteiger partial charge >= 0.3 is 0 Å². The summed E-state index contributed by atoms with van der Waals surface area (Å²) in [6.45, 7) is 8.70. The van der Waals surface area contributed by atoms with Crippen LogP contribution in [0.4, 0.5) is 0 Å². The standard InChI is InChI=1S/C24H45N3O8/c1-4-7-22(29)26-10-12-32-14-17-35-19-24(31)27-11-13-33-15-16-34-18-23(30)25-9-6-5-8-20(2)21(3)28/h20H,4-19H2,1-3H3,(H,25,30)(H,26,29)(H,27,31)/t20-/m0/s1. The van der Waals surface area contributed by atoms with Crippen molar-refractivity contribution in [3.8, 4) is 0 Å². The van der Waals surface area contributed by atoms with E-state index < -0.39 is 0 Å². The smallest absolute Gasteiger partial charge is 0.246 e. The van der Waals surface area contributed by atoms with Crippen LogP contribution in [0, 0.1) is 5.92 Å². The molecule has 0 spiro atoms. The lowest BCUT2D eigenvalue weighted by molar-refractivity contribution is -0.127. The quantitative estimate of drug-likeness (QED) is 0.163. The Kier molecular flexibility index (Phi) is 22.2. The van der Waals surface area contributed by atoms with E-state index in [1.807, 2.05) is 13.8 Å². The second kappa shape index (κ2) is 23.7. The number of carbonyl (C=O) groups excluding carboxylic acids is 4. The van der Waals surface area contributed by atoms with Crippen molar-refractivity contribution < 1.29 is 38.1 Å². The first kappa shape index (κ1) is 32.9. The van der Waals surface area contributed by atoms with Crippen LogP contribution in [-0.2, 0) is 38.1 Å². The largest absolute Gasteiger partial charge is 0.377 e. The van der Waals surface area contributed by atoms with Gasteiger partial charge in [0.2, 0.25) is 17.7 Å². The van der Waals surface area contributed by atoms with Crippen LogP contribution in [0.15, 0.2) is 0 Å². The monoisotopic (exact) mass is 503 g/mol. The maximum absolute atomic E-state index is 11.7. The molecular weight excluding hydrogens is 458 g/mol. The third-order valence-electron chi connectivity index (χ3n) is 4.90. The van der Waals surface area contributed by atoms with Crippen LogP contribution in [0.25, 0.3) is 0 Å². The summed E-state index contributed by atoms with van der Waals surface area (Å²) in [7, 11) is 0. The fraction of sp³-hybridized carbons (Fsp3) is 0.833. The lowest BCUT2D eigenvalue weighted by Gasteiger charge is -2.09. The number of ether oxygens (including phenoxy) is 4. The minimum Gasteiger partial charge on any atom is -0.377 e. The third-order valence-corrected chi connectivity index (χ3v) is 4.90. The van der Waals surface area contributed by atoms with Crippen molar-refractivity contribution in [1.82, 2.24) is 16.0 Å². The molecule has 0 heterocycles. The molecule has 0 unspecified atom stereocenters. The van der Waals surface area contributed by atoms with Gasteiger partial charge in [-0.15, -0.1) is 0 Å². The lowest BCUT2D eigenvalue weighted by Crippen LogP contribution is -2.31. The van der Waals surface area contributed by atoms with Gasteiger partial charge in [-0.25, -0.2) is 0 Å². The van der Waals surface area contributed by atoms with Gasteiger partial charge in [0.25, 0.3) is 0 Å². The summed E-state index contributed by atoms with van der Waals surface area (Å²) in [6, 6.07) is 0. The first-order chi connectivity index (χ1) is 16.9. The van der Waals surface area contributed by atoms with Crippen molar-refractivity contribution in [2.75, 3.05) is 72.5 Å². The number of carbonyl (C=O) groups is 4. The molecule has 0 aromatic heterocycles. The van der Waals surface area contributed by atoms with Crippen LogP contribution < -0.4 is 16.0 Å². The second-order valence-corrected chi connectivity index (χ2v) is 8.14. The minimum absolute atomic E-state index is 0.0170. The highest BCUT2D eigenvalue weighted by molar-refractivity contribution is 5.78. The summed E-state index contributed by atoms with van der Waals surface area (Å²) >= 11 is 0. The van der Waals surface area contributed by atoms with Gasteiger partial charge in [-0.05, 0) is 26.2 Å². The van der Waals surface area contributed by atoms with E-state index in [2.05, 4.69) is 16.0 Å². The van der Waals surface area contributed by atoms with Gasteiger partial charge in [0.1, 0.15) is 19.0 Å². The van der Waals surface area contributed by atoms with Gasteiger partial charge in [0.05, 0.1) is 39.6 Å². The van der Waals surface area contributed by atoms with Gasteiger partial charge in [-0.1, -0.05) is 20.3 Å². The predicted molar refractivity (Wildman–Crippen MR) is 131 cm³/mol. The molecule has 3 N–H and O–H groups in total. The molecule has 0 aliphatic rings. The first-order valence-corrected chi connectivity index (χ1v) is 12.5. The number of rotatable bonds is 24. The normalized spacial score (nSPS) is 11.6. The molecule has 1 atom stereocenters. The zero-order valence-corrected chi connectivity index (χ0v) is 21.7. The first-order valence-electron chi connectivity index (χ1n) is 12.5. The molecule has 0 saturated heterocycles. The average Bonchev–Trinajstić information content (AvgIpc) is 2.82. The molecule has 0 fully saturated rings. The highest BCUT2D eigenvalue weighted by Crippen LogP contribution is 2.07. The number of nitrogens with one attached hydrogen (secondary N) is 3. The van der Waals surface area contributed by atoms with Crippen LogP contribution >= 0.6 is 0 Å². The van der Waals surface area contributed by atoms with E-state index in [0.29, 0.717) is 52.5 Å². The number of hydrogen-bond acceptors (Lipinski definition) is 8. The Hall–Kier alpha value is -2.08. The van der Waals surface area contributed by atoms with E-state index in [1.54, 1.807) is 6.92 Å². The molecule has 0 aromatic rings. The molecule has 0 aromatic carbocycles. The summed E-state index contributed by atoms with van der Waals surface area (Å²) in [5.74, 6) is -0.140. The van der Waals surface area contributed by atoms with E-state index in [9.17, 15) is 19.2 Å². The van der Waals surface area contributed by atoms with Crippen LogP contribution in [0.5, 0.6) is 0 Å². The second-order valence-electron chi connectivity index (χ2n) is 8.14. The molecule has 0 rings (SSSR count). The Labute approximate surface area is 209 Å². The topological polar surface area (TPSA) is 141 Å². The van der Waals surface area contributed by atoms with Crippen molar-refractivity contribution in [2.24, 2.45) is 5.92 Å². The van der Waals surface area contributed by atoms with E-state index in [4.69, 9.17) is 18.9 Å². The predicted octanol–water partition coefficient (Wildman–Crippen LogP) is 0.597. The summed E-state index contributed by atoms with van der Waals surface area (Å²) in [4.78, 5) is 45.7. The third kappa shape index (κ3) is 23.4. The molecule has 0 aliphatic carbocycles. The summed E-state index contributed by atoms with van der Waals surface area (Å²) < 4.78 is 21.1. The molecule has 0 aliphatic heterocycles. The van der Waals surface area contributed by atoms with E-state index in [0.717, 1.165) is 25.7 Å². The maximum atomic E-state index is 11.7. The van der Waals surface area contributed by atoms with Crippen LogP contribution in [0.1, 0.15) is 52.9 Å². The fourth-order valence-electron chi connectivity index (χ4n) is 2.72. The highest BCUT2D eigenvalue weighted by Gasteiger charge is 2.07. The molecule has 11 heteroatoms. The van der Waals surface area contributed by atoms with Crippen LogP contribution in [0.3, 0.4) is 0 Å². The number of Topliss-reactive ketones (excluding diaryl/α,β-unsaturated/α-hetero) is 1.